The molecular weight excluding hydrogens is 268 g/mol. The molecule has 2 heterocycles. The van der Waals surface area contributed by atoms with E-state index in [1.807, 2.05) is 18.7 Å². The van der Waals surface area contributed by atoms with Gasteiger partial charge in [0.25, 0.3) is 0 Å². The summed E-state index contributed by atoms with van der Waals surface area (Å²) in [6.45, 7) is 5.90. The van der Waals surface area contributed by atoms with E-state index >= 15 is 0 Å². The van der Waals surface area contributed by atoms with Crippen LogP contribution in [0, 0.1) is 6.92 Å². The van der Waals surface area contributed by atoms with Gasteiger partial charge in [0.05, 0.1) is 13.2 Å². The van der Waals surface area contributed by atoms with E-state index in [0.29, 0.717) is 32.1 Å². The van der Waals surface area contributed by atoms with E-state index in [2.05, 4.69) is 15.3 Å². The molecule has 2 rings (SSSR count). The highest BCUT2D eigenvalue weighted by Gasteiger charge is 2.31. The average molecular weight is 285 g/mol. The molecule has 6 nitrogen and oxygen atoms in total. The quantitative estimate of drug-likeness (QED) is 0.831. The van der Waals surface area contributed by atoms with Gasteiger partial charge in [0.15, 0.2) is 0 Å². The number of ether oxygens (including phenoxy) is 1. The number of rotatable bonds is 3. The van der Waals surface area contributed by atoms with Crippen LogP contribution < -0.4 is 10.2 Å². The van der Waals surface area contributed by atoms with Crippen molar-refractivity contribution in [2.24, 2.45) is 0 Å². The molecule has 1 aromatic heterocycles. The molecule has 0 aliphatic carbocycles. The fourth-order valence-corrected chi connectivity index (χ4v) is 2.20. The molecule has 1 aliphatic rings. The topological polar surface area (TPSA) is 67.3 Å². The first-order valence-electron chi connectivity index (χ1n) is 6.24. The van der Waals surface area contributed by atoms with Crippen molar-refractivity contribution in [2.45, 2.75) is 19.9 Å². The maximum Gasteiger partial charge on any atom is 0.245 e. The van der Waals surface area contributed by atoms with Gasteiger partial charge in [0.2, 0.25) is 11.2 Å². The molecular formula is C12H17ClN4O2. The summed E-state index contributed by atoms with van der Waals surface area (Å²) >= 11 is 5.84. The lowest BCUT2D eigenvalue weighted by Gasteiger charge is -2.36. The van der Waals surface area contributed by atoms with E-state index in [-0.39, 0.29) is 17.2 Å². The zero-order valence-corrected chi connectivity index (χ0v) is 11.8. The Kier molecular flexibility index (Phi) is 4.55. The Balaban J connectivity index is 2.28. The smallest absolute Gasteiger partial charge is 0.245 e. The van der Waals surface area contributed by atoms with Crippen LogP contribution in [0.2, 0.25) is 5.28 Å². The number of carbonyl (C=O) groups excluding carboxylic acids is 1. The number of hydrogen-bond acceptors (Lipinski definition) is 5. The lowest BCUT2D eigenvalue weighted by Crippen LogP contribution is -2.54. The Labute approximate surface area is 117 Å². The molecule has 1 aromatic rings. The number of amides is 1. The second-order valence-electron chi connectivity index (χ2n) is 4.32. The van der Waals surface area contributed by atoms with Crippen LogP contribution in [0.15, 0.2) is 6.20 Å². The highest BCUT2D eigenvalue weighted by molar-refractivity contribution is 6.28. The summed E-state index contributed by atoms with van der Waals surface area (Å²) in [5.41, 5.74) is 0.889. The van der Waals surface area contributed by atoms with Crippen LogP contribution in [-0.2, 0) is 9.53 Å². The van der Waals surface area contributed by atoms with Gasteiger partial charge in [-0.1, -0.05) is 0 Å². The number of carbonyl (C=O) groups is 1. The third kappa shape index (κ3) is 3.13. The first kappa shape index (κ1) is 14.0. The maximum absolute atomic E-state index is 12.1. The molecule has 1 amide bonds. The van der Waals surface area contributed by atoms with Crippen molar-refractivity contribution in [3.8, 4) is 0 Å². The van der Waals surface area contributed by atoms with Gasteiger partial charge in [-0.25, -0.2) is 9.97 Å². The lowest BCUT2D eigenvalue weighted by molar-refractivity contribution is -0.124. The highest BCUT2D eigenvalue weighted by atomic mass is 35.5. The van der Waals surface area contributed by atoms with Crippen molar-refractivity contribution in [3.63, 3.8) is 0 Å². The normalized spacial score (nSPS) is 19.3. The molecule has 1 N–H and O–H groups in total. The molecule has 0 spiro atoms. The second kappa shape index (κ2) is 6.16. The molecule has 0 bridgehead atoms. The molecule has 1 saturated heterocycles. The van der Waals surface area contributed by atoms with E-state index in [4.69, 9.17) is 16.3 Å². The van der Waals surface area contributed by atoms with Crippen LogP contribution in [0.3, 0.4) is 0 Å². The Bertz CT molecular complexity index is 469. The third-order valence-corrected chi connectivity index (χ3v) is 3.15. The fourth-order valence-electron chi connectivity index (χ4n) is 2.07. The minimum Gasteiger partial charge on any atom is -0.377 e. The van der Waals surface area contributed by atoms with Crippen molar-refractivity contribution >= 4 is 23.3 Å². The Morgan fingerprint density at radius 3 is 3.21 bits per heavy atom. The van der Waals surface area contributed by atoms with Crippen LogP contribution in [0.25, 0.3) is 0 Å². The lowest BCUT2D eigenvalue weighted by atomic mass is 10.2. The Hall–Kier alpha value is -1.40. The summed E-state index contributed by atoms with van der Waals surface area (Å²) in [5.74, 6) is 0.635. The van der Waals surface area contributed by atoms with Crippen molar-refractivity contribution in [3.05, 3.63) is 17.0 Å². The summed E-state index contributed by atoms with van der Waals surface area (Å²) < 4.78 is 5.39. The number of nitrogens with one attached hydrogen (secondary N) is 1. The van der Waals surface area contributed by atoms with Gasteiger partial charge in [0, 0.05) is 24.8 Å². The van der Waals surface area contributed by atoms with Gasteiger partial charge in [-0.3, -0.25) is 4.79 Å². The summed E-state index contributed by atoms with van der Waals surface area (Å²) in [7, 11) is 0. The molecule has 0 saturated carbocycles. The van der Waals surface area contributed by atoms with Crippen LogP contribution >= 0.6 is 11.6 Å². The van der Waals surface area contributed by atoms with Gasteiger partial charge in [-0.15, -0.1) is 0 Å². The third-order valence-electron chi connectivity index (χ3n) is 2.97. The summed E-state index contributed by atoms with van der Waals surface area (Å²) in [5, 5.41) is 2.99. The van der Waals surface area contributed by atoms with Gasteiger partial charge >= 0.3 is 0 Å². The van der Waals surface area contributed by atoms with Crippen LogP contribution in [0.5, 0.6) is 0 Å². The maximum atomic E-state index is 12.1. The summed E-state index contributed by atoms with van der Waals surface area (Å²) in [6, 6.07) is -0.377. The number of halogens is 1. The van der Waals surface area contributed by atoms with Crippen LogP contribution in [0.1, 0.15) is 12.5 Å². The number of nitrogens with zero attached hydrogens (tertiary/aromatic N) is 3. The monoisotopic (exact) mass is 284 g/mol. The van der Waals surface area contributed by atoms with Crippen LogP contribution in [0.4, 0.5) is 5.82 Å². The van der Waals surface area contributed by atoms with Crippen molar-refractivity contribution in [1.29, 1.82) is 0 Å². The number of hydrogen-bond donors (Lipinski definition) is 1. The van der Waals surface area contributed by atoms with E-state index in [9.17, 15) is 4.79 Å². The fraction of sp³-hybridized carbons (Fsp3) is 0.583. The minimum atomic E-state index is -0.377. The number of aromatic nitrogens is 2. The van der Waals surface area contributed by atoms with Crippen molar-refractivity contribution in [1.82, 2.24) is 15.3 Å². The zero-order valence-electron chi connectivity index (χ0n) is 11.0. The molecule has 0 radical (unpaired) electrons. The largest absolute Gasteiger partial charge is 0.377 e. The predicted octanol–water partition coefficient (Wildman–Crippen LogP) is 0.780. The molecule has 0 aromatic carbocycles. The summed E-state index contributed by atoms with van der Waals surface area (Å²) in [4.78, 5) is 22.2. The van der Waals surface area contributed by atoms with Gasteiger partial charge < -0.3 is 15.0 Å². The first-order chi connectivity index (χ1) is 9.13. The minimum absolute atomic E-state index is 0.0589. The predicted molar refractivity (Wildman–Crippen MR) is 72.4 cm³/mol. The molecule has 7 heteroatoms. The number of anilines is 1. The molecule has 1 fully saturated rings. The van der Waals surface area contributed by atoms with E-state index in [0.717, 1.165) is 5.56 Å². The SMILES string of the molecule is CCNC(=O)C1COCCN1c1nc(Cl)ncc1C. The van der Waals surface area contributed by atoms with Crippen LogP contribution in [-0.4, -0.2) is 48.2 Å². The van der Waals surface area contributed by atoms with Crippen molar-refractivity contribution in [2.75, 3.05) is 31.2 Å². The second-order valence-corrected chi connectivity index (χ2v) is 4.66. The Morgan fingerprint density at radius 1 is 1.68 bits per heavy atom. The average Bonchev–Trinajstić information content (AvgIpc) is 2.42. The van der Waals surface area contributed by atoms with Gasteiger partial charge in [-0.2, -0.15) is 0 Å². The standard InChI is InChI=1S/C12H17ClN4O2/c1-3-14-11(18)9-7-19-5-4-17(9)10-8(2)6-15-12(13)16-10/h6,9H,3-5,7H2,1-2H3,(H,14,18). The summed E-state index contributed by atoms with van der Waals surface area (Å²) in [6.07, 6.45) is 1.66. The molecule has 104 valence electrons. The first-order valence-corrected chi connectivity index (χ1v) is 6.62. The molecule has 1 aliphatic heterocycles. The van der Waals surface area contributed by atoms with Gasteiger partial charge in [-0.05, 0) is 25.4 Å². The number of morpholine rings is 1. The van der Waals surface area contributed by atoms with Gasteiger partial charge in [0.1, 0.15) is 11.9 Å². The van der Waals surface area contributed by atoms with E-state index in [1.165, 1.54) is 0 Å². The molecule has 1 unspecified atom stereocenters. The molecule has 19 heavy (non-hydrogen) atoms. The van der Waals surface area contributed by atoms with E-state index in [1.54, 1.807) is 6.20 Å². The number of aryl methyl sites for hydroxylation is 1. The Morgan fingerprint density at radius 2 is 2.47 bits per heavy atom. The molecule has 1 atom stereocenters. The zero-order chi connectivity index (χ0) is 13.8. The van der Waals surface area contributed by atoms with Crippen molar-refractivity contribution < 1.29 is 9.53 Å². The highest BCUT2D eigenvalue weighted by Crippen LogP contribution is 2.22. The number of likely N-dealkylation sites (N-methyl/N-ethyl adjacent to an activating group) is 1. The van der Waals surface area contributed by atoms with E-state index < -0.39 is 0 Å².